The van der Waals surface area contributed by atoms with Crippen LogP contribution in [0.25, 0.3) is 0 Å². The van der Waals surface area contributed by atoms with E-state index in [1.165, 1.54) is 12.8 Å². The summed E-state index contributed by atoms with van der Waals surface area (Å²) < 4.78 is 2.12. The molecule has 140 valence electrons. The number of piperidine rings is 1. The Hall–Kier alpha value is -0.780. The molecule has 1 aromatic heterocycles. The molecule has 2 rings (SSSR count). The van der Waals surface area contributed by atoms with E-state index >= 15 is 0 Å². The van der Waals surface area contributed by atoms with Gasteiger partial charge in [-0.2, -0.15) is 0 Å². The highest BCUT2D eigenvalue weighted by atomic mass is 35.5. The monoisotopic (exact) mass is 378 g/mol. The molecule has 1 saturated heterocycles. The normalized spacial score (nSPS) is 18.4. The number of nitrogens with zero attached hydrogens (tertiary/aromatic N) is 2. The van der Waals surface area contributed by atoms with Crippen molar-refractivity contribution in [2.45, 2.75) is 53.1 Å². The maximum atomic E-state index is 12.2. The van der Waals surface area contributed by atoms with Crippen molar-refractivity contribution in [1.29, 1.82) is 0 Å². The van der Waals surface area contributed by atoms with Gasteiger partial charge >= 0.3 is 0 Å². The van der Waals surface area contributed by atoms with E-state index in [1.807, 2.05) is 6.20 Å². The minimum Gasteiger partial charge on any atom is -0.349 e. The van der Waals surface area contributed by atoms with Crippen LogP contribution in [-0.2, 0) is 17.9 Å². The van der Waals surface area contributed by atoms with Crippen molar-refractivity contribution in [2.24, 2.45) is 17.8 Å². The van der Waals surface area contributed by atoms with E-state index in [4.69, 9.17) is 0 Å². The van der Waals surface area contributed by atoms with Crippen molar-refractivity contribution in [2.75, 3.05) is 13.1 Å². The van der Waals surface area contributed by atoms with Crippen LogP contribution >= 0.6 is 24.8 Å². The number of hydrogen-bond acceptors (Lipinski definition) is 3. The summed E-state index contributed by atoms with van der Waals surface area (Å²) in [6.45, 7) is 10.2. The fourth-order valence-electron chi connectivity index (χ4n) is 3.14. The largest absolute Gasteiger partial charge is 0.349 e. The van der Waals surface area contributed by atoms with E-state index in [2.05, 4.69) is 41.0 Å². The quantitative estimate of drug-likeness (QED) is 0.766. The summed E-state index contributed by atoms with van der Waals surface area (Å²) in [6.07, 6.45) is 6.86. The number of nitrogens with one attached hydrogen (secondary N) is 2. The Balaban J connectivity index is 0.00000264. The predicted molar refractivity (Wildman–Crippen MR) is 103 cm³/mol. The van der Waals surface area contributed by atoms with Gasteiger partial charge in [0.1, 0.15) is 5.82 Å². The molecular formula is C17H32Cl2N4O. The Morgan fingerprint density at radius 1 is 1.42 bits per heavy atom. The SMILES string of the molecule is CC(C)Cn1ccnc1CNC(=O)CC(C)C1CCCNC1.Cl.Cl. The molecule has 1 aliphatic heterocycles. The molecule has 0 spiro atoms. The van der Waals surface area contributed by atoms with Gasteiger partial charge in [-0.25, -0.2) is 4.98 Å². The molecule has 5 nitrogen and oxygen atoms in total. The van der Waals surface area contributed by atoms with Crippen LogP contribution in [0.1, 0.15) is 45.9 Å². The molecule has 2 N–H and O–H groups in total. The summed E-state index contributed by atoms with van der Waals surface area (Å²) in [4.78, 5) is 16.5. The summed E-state index contributed by atoms with van der Waals surface area (Å²) in [6, 6.07) is 0. The maximum Gasteiger partial charge on any atom is 0.220 e. The molecule has 1 amide bonds. The lowest BCUT2D eigenvalue weighted by atomic mass is 9.85. The van der Waals surface area contributed by atoms with Crippen LogP contribution < -0.4 is 10.6 Å². The second-order valence-corrected chi connectivity index (χ2v) is 6.95. The molecule has 0 aromatic carbocycles. The van der Waals surface area contributed by atoms with E-state index < -0.39 is 0 Å². The zero-order valence-corrected chi connectivity index (χ0v) is 16.6. The number of carbonyl (C=O) groups is 1. The molecule has 1 fully saturated rings. The molecule has 0 bridgehead atoms. The highest BCUT2D eigenvalue weighted by molar-refractivity contribution is 5.85. The van der Waals surface area contributed by atoms with Crippen LogP contribution in [0.5, 0.6) is 0 Å². The number of carbonyl (C=O) groups excluding carboxylic acids is 1. The van der Waals surface area contributed by atoms with Gasteiger partial charge in [0.05, 0.1) is 6.54 Å². The number of halogens is 2. The molecule has 1 aliphatic rings. The fourth-order valence-corrected chi connectivity index (χ4v) is 3.14. The van der Waals surface area contributed by atoms with Crippen LogP contribution in [-0.4, -0.2) is 28.5 Å². The van der Waals surface area contributed by atoms with Crippen molar-refractivity contribution in [1.82, 2.24) is 20.2 Å². The smallest absolute Gasteiger partial charge is 0.220 e. The molecule has 7 heteroatoms. The average molecular weight is 379 g/mol. The van der Waals surface area contributed by atoms with Gasteiger partial charge in [0.15, 0.2) is 0 Å². The van der Waals surface area contributed by atoms with Crippen molar-refractivity contribution < 1.29 is 4.79 Å². The van der Waals surface area contributed by atoms with Crippen LogP contribution in [0, 0.1) is 17.8 Å². The molecule has 0 saturated carbocycles. The van der Waals surface area contributed by atoms with Crippen molar-refractivity contribution >= 4 is 30.7 Å². The lowest BCUT2D eigenvalue weighted by molar-refractivity contribution is -0.122. The van der Waals surface area contributed by atoms with Gasteiger partial charge in [-0.3, -0.25) is 4.79 Å². The first-order valence-corrected chi connectivity index (χ1v) is 8.53. The topological polar surface area (TPSA) is 59.0 Å². The van der Waals surface area contributed by atoms with Gasteiger partial charge in [0.25, 0.3) is 0 Å². The van der Waals surface area contributed by atoms with Gasteiger partial charge in [0.2, 0.25) is 5.91 Å². The molecule has 0 radical (unpaired) electrons. The zero-order chi connectivity index (χ0) is 15.9. The predicted octanol–water partition coefficient (Wildman–Crippen LogP) is 3.02. The number of aromatic nitrogens is 2. The first-order chi connectivity index (χ1) is 10.6. The minimum atomic E-state index is 0. The van der Waals surface area contributed by atoms with Crippen LogP contribution in [0.15, 0.2) is 12.4 Å². The van der Waals surface area contributed by atoms with E-state index in [-0.39, 0.29) is 30.7 Å². The third kappa shape index (κ3) is 7.41. The van der Waals surface area contributed by atoms with E-state index in [0.717, 1.165) is 25.5 Å². The second-order valence-electron chi connectivity index (χ2n) is 6.95. The molecular weight excluding hydrogens is 347 g/mol. The zero-order valence-electron chi connectivity index (χ0n) is 15.0. The summed E-state index contributed by atoms with van der Waals surface area (Å²) in [5.74, 6) is 2.71. The number of imidazole rings is 1. The standard InChI is InChI=1S/C17H30N4O.2ClH/c1-13(2)12-21-8-7-19-16(21)11-20-17(22)9-14(3)15-5-4-6-18-10-15;;/h7-8,13-15,18H,4-6,9-12H2,1-3H3,(H,20,22);2*1H. The van der Waals surface area contributed by atoms with E-state index in [0.29, 0.717) is 30.7 Å². The van der Waals surface area contributed by atoms with Gasteiger partial charge in [-0.15, -0.1) is 24.8 Å². The van der Waals surface area contributed by atoms with Crippen LogP contribution in [0.4, 0.5) is 0 Å². The van der Waals surface area contributed by atoms with E-state index in [1.54, 1.807) is 6.20 Å². The fraction of sp³-hybridized carbons (Fsp3) is 0.765. The van der Waals surface area contributed by atoms with Gasteiger partial charge in [-0.1, -0.05) is 20.8 Å². The van der Waals surface area contributed by atoms with Crippen LogP contribution in [0.3, 0.4) is 0 Å². The van der Waals surface area contributed by atoms with Gasteiger partial charge in [0, 0.05) is 25.4 Å². The average Bonchev–Trinajstić information content (AvgIpc) is 2.92. The Kier molecular flexibility index (Phi) is 11.3. The van der Waals surface area contributed by atoms with Gasteiger partial charge in [-0.05, 0) is 43.7 Å². The third-order valence-corrected chi connectivity index (χ3v) is 4.45. The molecule has 24 heavy (non-hydrogen) atoms. The first-order valence-electron chi connectivity index (χ1n) is 8.53. The van der Waals surface area contributed by atoms with Crippen LogP contribution in [0.2, 0.25) is 0 Å². The number of hydrogen-bond donors (Lipinski definition) is 2. The van der Waals surface area contributed by atoms with Gasteiger partial charge < -0.3 is 15.2 Å². The molecule has 0 aliphatic carbocycles. The molecule has 1 aromatic rings. The number of rotatable bonds is 7. The Morgan fingerprint density at radius 3 is 2.79 bits per heavy atom. The Morgan fingerprint density at radius 2 is 2.17 bits per heavy atom. The summed E-state index contributed by atoms with van der Waals surface area (Å²) in [5.41, 5.74) is 0. The Labute approximate surface area is 158 Å². The van der Waals surface area contributed by atoms with Crippen molar-refractivity contribution in [3.8, 4) is 0 Å². The molecule has 2 unspecified atom stereocenters. The summed E-state index contributed by atoms with van der Waals surface area (Å²) in [7, 11) is 0. The highest BCUT2D eigenvalue weighted by Crippen LogP contribution is 2.22. The first kappa shape index (κ1) is 23.2. The van der Waals surface area contributed by atoms with Crippen molar-refractivity contribution in [3.63, 3.8) is 0 Å². The van der Waals surface area contributed by atoms with Crippen molar-refractivity contribution in [3.05, 3.63) is 18.2 Å². The number of amides is 1. The summed E-state index contributed by atoms with van der Waals surface area (Å²) >= 11 is 0. The minimum absolute atomic E-state index is 0. The summed E-state index contributed by atoms with van der Waals surface area (Å²) in [5, 5.41) is 6.45. The Bertz CT molecular complexity index is 473. The lowest BCUT2D eigenvalue weighted by Crippen LogP contribution is -2.35. The molecule has 2 atom stereocenters. The second kappa shape index (κ2) is 11.7. The molecule has 2 heterocycles. The lowest BCUT2D eigenvalue weighted by Gasteiger charge is -2.28. The third-order valence-electron chi connectivity index (χ3n) is 4.45. The van der Waals surface area contributed by atoms with E-state index in [9.17, 15) is 4.79 Å². The maximum absolute atomic E-state index is 12.2. The highest BCUT2D eigenvalue weighted by Gasteiger charge is 2.22.